The Kier molecular flexibility index (Phi) is 3.61. The normalized spacial score (nSPS) is 31.4. The van der Waals surface area contributed by atoms with Crippen LogP contribution in [0.3, 0.4) is 0 Å². The van der Waals surface area contributed by atoms with Gasteiger partial charge in [0.25, 0.3) is 0 Å². The van der Waals surface area contributed by atoms with Crippen LogP contribution in [0, 0.1) is 0 Å². The summed E-state index contributed by atoms with van der Waals surface area (Å²) in [5.41, 5.74) is 9.33. The molecule has 104 valence electrons. The Balaban J connectivity index is 1.82. The first-order valence-electron chi connectivity index (χ1n) is 7.32. The van der Waals surface area contributed by atoms with Crippen LogP contribution in [-0.4, -0.2) is 43.3 Å². The predicted octanol–water partition coefficient (Wildman–Crippen LogP) is 1.59. The van der Waals surface area contributed by atoms with Gasteiger partial charge >= 0.3 is 0 Å². The number of hydrogen-bond acceptors (Lipinski definition) is 3. The monoisotopic (exact) mass is 260 g/mol. The van der Waals surface area contributed by atoms with Gasteiger partial charge in [-0.05, 0) is 36.8 Å². The van der Waals surface area contributed by atoms with Crippen molar-refractivity contribution in [3.63, 3.8) is 0 Å². The summed E-state index contributed by atoms with van der Waals surface area (Å²) in [6.07, 6.45) is 4.95. The minimum absolute atomic E-state index is 0.154. The largest absolute Gasteiger partial charge is 0.380 e. The maximum Gasteiger partial charge on any atom is 0.0710 e. The van der Waals surface area contributed by atoms with Gasteiger partial charge in [-0.25, -0.2) is 0 Å². The van der Waals surface area contributed by atoms with Crippen molar-refractivity contribution < 1.29 is 4.74 Å². The number of nitrogens with two attached hydrogens (primary N) is 1. The smallest absolute Gasteiger partial charge is 0.0710 e. The highest BCUT2D eigenvalue weighted by molar-refractivity contribution is 5.32. The maximum absolute atomic E-state index is 6.18. The highest BCUT2D eigenvalue weighted by Gasteiger charge is 2.41. The summed E-state index contributed by atoms with van der Waals surface area (Å²) in [5, 5.41) is 0. The van der Waals surface area contributed by atoms with Crippen LogP contribution in [0.5, 0.6) is 0 Å². The molecule has 2 atom stereocenters. The van der Waals surface area contributed by atoms with E-state index in [1.165, 1.54) is 17.5 Å². The average molecular weight is 260 g/mol. The van der Waals surface area contributed by atoms with Crippen LogP contribution >= 0.6 is 0 Å². The van der Waals surface area contributed by atoms with Gasteiger partial charge in [-0.1, -0.05) is 24.3 Å². The van der Waals surface area contributed by atoms with E-state index in [-0.39, 0.29) is 5.54 Å². The number of hydrogen-bond donors (Lipinski definition) is 1. The number of ether oxygens (including phenoxy) is 1. The Morgan fingerprint density at radius 2 is 2.16 bits per heavy atom. The maximum atomic E-state index is 6.18. The average Bonchev–Trinajstić information content (AvgIpc) is 2.96. The molecule has 0 aromatic heterocycles. The molecule has 1 aliphatic carbocycles. The molecule has 1 fully saturated rings. The fourth-order valence-electron chi connectivity index (χ4n) is 3.71. The van der Waals surface area contributed by atoms with E-state index in [4.69, 9.17) is 10.5 Å². The van der Waals surface area contributed by atoms with Crippen molar-refractivity contribution >= 4 is 0 Å². The Labute approximate surface area is 115 Å². The van der Waals surface area contributed by atoms with Crippen LogP contribution in [0.4, 0.5) is 0 Å². The van der Waals surface area contributed by atoms with E-state index in [1.807, 2.05) is 7.11 Å². The number of benzene rings is 1. The minimum atomic E-state index is 0.154. The first-order chi connectivity index (χ1) is 9.27. The summed E-state index contributed by atoms with van der Waals surface area (Å²) in [7, 11) is 1.82. The lowest BCUT2D eigenvalue weighted by Crippen LogP contribution is -2.56. The van der Waals surface area contributed by atoms with Crippen molar-refractivity contribution in [2.24, 2.45) is 5.73 Å². The molecule has 2 unspecified atom stereocenters. The molecular formula is C16H24N2O. The molecule has 0 amide bonds. The van der Waals surface area contributed by atoms with Crippen molar-refractivity contribution in [3.8, 4) is 0 Å². The van der Waals surface area contributed by atoms with Crippen LogP contribution in [0.2, 0.25) is 0 Å². The molecule has 0 spiro atoms. The standard InChI is InChI=1S/C16H24N2O/c1-19-15-7-9-18(11-15)16(12-17)8-6-13-4-2-3-5-14(13)10-16/h2-5,15H,6-12,17H2,1H3. The summed E-state index contributed by atoms with van der Waals surface area (Å²) < 4.78 is 5.51. The third kappa shape index (κ3) is 2.31. The van der Waals surface area contributed by atoms with Crippen LogP contribution < -0.4 is 5.73 Å². The molecule has 1 heterocycles. The third-order valence-electron chi connectivity index (χ3n) is 5.03. The topological polar surface area (TPSA) is 38.5 Å². The molecule has 1 aromatic rings. The van der Waals surface area contributed by atoms with Gasteiger partial charge in [0.1, 0.15) is 0 Å². The third-order valence-corrected chi connectivity index (χ3v) is 5.03. The molecule has 1 saturated heterocycles. The zero-order chi connectivity index (χ0) is 13.3. The molecule has 2 aliphatic rings. The van der Waals surface area contributed by atoms with Gasteiger partial charge in [-0.15, -0.1) is 0 Å². The molecule has 0 radical (unpaired) electrons. The second-order valence-corrected chi connectivity index (χ2v) is 5.97. The van der Waals surface area contributed by atoms with Crippen molar-refractivity contribution in [3.05, 3.63) is 35.4 Å². The fourth-order valence-corrected chi connectivity index (χ4v) is 3.71. The van der Waals surface area contributed by atoms with E-state index < -0.39 is 0 Å². The number of fused-ring (bicyclic) bond motifs is 1. The van der Waals surface area contributed by atoms with Crippen molar-refractivity contribution in [1.29, 1.82) is 0 Å². The Hall–Kier alpha value is -0.900. The molecule has 3 nitrogen and oxygen atoms in total. The molecule has 3 rings (SSSR count). The number of nitrogens with zero attached hydrogens (tertiary/aromatic N) is 1. The molecular weight excluding hydrogens is 236 g/mol. The van der Waals surface area contributed by atoms with Crippen molar-refractivity contribution in [2.75, 3.05) is 26.7 Å². The van der Waals surface area contributed by atoms with Crippen LogP contribution in [0.15, 0.2) is 24.3 Å². The van der Waals surface area contributed by atoms with E-state index in [0.29, 0.717) is 6.10 Å². The molecule has 0 saturated carbocycles. The van der Waals surface area contributed by atoms with Gasteiger partial charge in [0.05, 0.1) is 6.10 Å². The first kappa shape index (κ1) is 13.1. The van der Waals surface area contributed by atoms with Crippen LogP contribution in [-0.2, 0) is 17.6 Å². The summed E-state index contributed by atoms with van der Waals surface area (Å²) in [4.78, 5) is 2.58. The summed E-state index contributed by atoms with van der Waals surface area (Å²) in [6.45, 7) is 2.91. The van der Waals surface area contributed by atoms with Gasteiger partial charge < -0.3 is 10.5 Å². The molecule has 2 N–H and O–H groups in total. The Morgan fingerprint density at radius 3 is 2.84 bits per heavy atom. The minimum Gasteiger partial charge on any atom is -0.380 e. The number of likely N-dealkylation sites (tertiary alicyclic amines) is 1. The molecule has 3 heteroatoms. The van der Waals surface area contributed by atoms with E-state index in [2.05, 4.69) is 29.2 Å². The van der Waals surface area contributed by atoms with Crippen LogP contribution in [0.25, 0.3) is 0 Å². The van der Waals surface area contributed by atoms with E-state index in [0.717, 1.165) is 38.9 Å². The lowest BCUT2D eigenvalue weighted by Gasteiger charge is -2.44. The molecule has 1 aromatic carbocycles. The number of rotatable bonds is 3. The van der Waals surface area contributed by atoms with Crippen molar-refractivity contribution in [2.45, 2.75) is 37.3 Å². The molecule has 1 aliphatic heterocycles. The second-order valence-electron chi connectivity index (χ2n) is 5.97. The lowest BCUT2D eigenvalue weighted by molar-refractivity contribution is 0.0655. The Bertz CT molecular complexity index is 448. The number of methoxy groups -OCH3 is 1. The lowest BCUT2D eigenvalue weighted by atomic mass is 9.77. The van der Waals surface area contributed by atoms with Gasteiger partial charge in [0.2, 0.25) is 0 Å². The van der Waals surface area contributed by atoms with Crippen LogP contribution in [0.1, 0.15) is 24.0 Å². The highest BCUT2D eigenvalue weighted by Crippen LogP contribution is 2.35. The van der Waals surface area contributed by atoms with E-state index in [1.54, 1.807) is 0 Å². The van der Waals surface area contributed by atoms with E-state index in [9.17, 15) is 0 Å². The van der Waals surface area contributed by atoms with Gasteiger partial charge in [-0.3, -0.25) is 4.90 Å². The molecule has 0 bridgehead atoms. The number of aryl methyl sites for hydroxylation is 1. The quantitative estimate of drug-likeness (QED) is 0.897. The molecule has 19 heavy (non-hydrogen) atoms. The summed E-state index contributed by atoms with van der Waals surface area (Å²) >= 11 is 0. The SMILES string of the molecule is COC1CCN(C2(CN)CCc3ccccc3C2)C1. The van der Waals surface area contributed by atoms with Crippen molar-refractivity contribution in [1.82, 2.24) is 4.90 Å². The fraction of sp³-hybridized carbons (Fsp3) is 0.625. The zero-order valence-corrected chi connectivity index (χ0v) is 11.8. The van der Waals surface area contributed by atoms with Gasteiger partial charge in [0, 0.05) is 32.3 Å². The predicted molar refractivity (Wildman–Crippen MR) is 77.2 cm³/mol. The zero-order valence-electron chi connectivity index (χ0n) is 11.8. The van der Waals surface area contributed by atoms with Gasteiger partial charge in [0.15, 0.2) is 0 Å². The Morgan fingerprint density at radius 1 is 1.37 bits per heavy atom. The summed E-state index contributed by atoms with van der Waals surface area (Å²) in [6, 6.07) is 8.82. The second kappa shape index (κ2) is 5.23. The summed E-state index contributed by atoms with van der Waals surface area (Å²) in [5.74, 6) is 0. The van der Waals surface area contributed by atoms with E-state index >= 15 is 0 Å². The first-order valence-corrected chi connectivity index (χ1v) is 7.32. The van der Waals surface area contributed by atoms with Gasteiger partial charge in [-0.2, -0.15) is 0 Å². The highest BCUT2D eigenvalue weighted by atomic mass is 16.5.